The average Bonchev–Trinajstić information content (AvgIpc) is 2.96. The third-order valence-electron chi connectivity index (χ3n) is 5.01. The third-order valence-corrected chi connectivity index (χ3v) is 5.01. The number of hydrogen-bond donors (Lipinski definition) is 1. The van der Waals surface area contributed by atoms with E-state index in [1.165, 1.54) is 0 Å². The molecule has 0 radical (unpaired) electrons. The van der Waals surface area contributed by atoms with Crippen molar-refractivity contribution in [3.05, 3.63) is 122 Å². The van der Waals surface area contributed by atoms with Gasteiger partial charge in [-0.25, -0.2) is 0 Å². The third kappa shape index (κ3) is 27.3. The van der Waals surface area contributed by atoms with E-state index in [1.54, 1.807) is 0 Å². The van der Waals surface area contributed by atoms with Gasteiger partial charge < -0.3 is 14.6 Å². The number of ether oxygens (including phenoxy) is 2. The summed E-state index contributed by atoms with van der Waals surface area (Å²) >= 11 is 0. The van der Waals surface area contributed by atoms with Gasteiger partial charge in [0.05, 0.1) is 6.61 Å². The fourth-order valence-corrected chi connectivity index (χ4v) is 2.90. The van der Waals surface area contributed by atoms with E-state index in [9.17, 15) is 14.7 Å². The van der Waals surface area contributed by atoms with Gasteiger partial charge in [0.1, 0.15) is 6.61 Å². The molecule has 0 aliphatic rings. The predicted molar refractivity (Wildman–Crippen MR) is 168 cm³/mol. The first-order valence-corrected chi connectivity index (χ1v) is 14.2. The number of aliphatic hydroxyl groups excluding tert-OH is 1. The number of unbranched alkanes of at least 4 members (excludes halogenated alkanes) is 2. The van der Waals surface area contributed by atoms with Crippen molar-refractivity contribution in [1.82, 2.24) is 0 Å². The Balaban J connectivity index is 3.97. The SMILES string of the molecule is CC/C=C/C=C/C=C/C=C/C=C/CCCC(=O)OCC(CO)OC(=O)CCC/C=C/C=C/C=C/C=C/C=C/CC. The summed E-state index contributed by atoms with van der Waals surface area (Å²) in [6.07, 6.45) is 44.0. The molecule has 0 saturated carbocycles. The molecule has 0 aromatic carbocycles. The summed E-state index contributed by atoms with van der Waals surface area (Å²) in [5, 5.41) is 9.44. The van der Waals surface area contributed by atoms with Crippen molar-refractivity contribution >= 4 is 11.9 Å². The first kappa shape index (κ1) is 36.3. The predicted octanol–water partition coefficient (Wildman–Crippen LogP) is 8.16. The van der Waals surface area contributed by atoms with Crippen LogP contribution in [0.3, 0.4) is 0 Å². The lowest BCUT2D eigenvalue weighted by atomic mass is 10.2. The molecule has 1 atom stereocenters. The smallest absolute Gasteiger partial charge is 0.306 e. The molecule has 1 unspecified atom stereocenters. The zero-order valence-electron chi connectivity index (χ0n) is 24.3. The van der Waals surface area contributed by atoms with Gasteiger partial charge in [0.2, 0.25) is 0 Å². The average molecular weight is 549 g/mol. The highest BCUT2D eigenvalue weighted by Crippen LogP contribution is 2.05. The van der Waals surface area contributed by atoms with Crippen LogP contribution in [-0.4, -0.2) is 36.4 Å². The molecule has 0 heterocycles. The van der Waals surface area contributed by atoms with E-state index in [-0.39, 0.29) is 25.4 Å². The first-order chi connectivity index (χ1) is 19.6. The number of allylic oxidation sites excluding steroid dienone is 20. The van der Waals surface area contributed by atoms with Crippen LogP contribution in [0.2, 0.25) is 0 Å². The highest BCUT2D eigenvalue weighted by molar-refractivity contribution is 5.70. The van der Waals surface area contributed by atoms with E-state index in [0.29, 0.717) is 12.8 Å². The van der Waals surface area contributed by atoms with Crippen molar-refractivity contribution in [2.45, 2.75) is 71.3 Å². The first-order valence-electron chi connectivity index (χ1n) is 14.2. The Hall–Kier alpha value is -3.70. The van der Waals surface area contributed by atoms with Crippen molar-refractivity contribution in [2.75, 3.05) is 13.2 Å². The molecule has 0 aromatic heterocycles. The maximum atomic E-state index is 12.0. The zero-order chi connectivity index (χ0) is 29.4. The summed E-state index contributed by atoms with van der Waals surface area (Å²) < 4.78 is 10.4. The Morgan fingerprint density at radius 3 is 1.35 bits per heavy atom. The lowest BCUT2D eigenvalue weighted by Crippen LogP contribution is -2.28. The topological polar surface area (TPSA) is 72.8 Å². The number of hydrogen-bond acceptors (Lipinski definition) is 5. The standard InChI is InChI=1S/C35H48O5/c1-3-5-7-9-11-13-15-17-19-21-23-25-27-29-34(37)39-32-33(31-36)40-35(38)30-28-26-24-22-20-18-16-14-12-10-8-6-4-2/h5-24,33,36H,3-4,25-32H2,1-2H3/b7-5+,8-6+,11-9+,12-10+,15-13+,16-14+,19-17+,20-18+,23-21+,24-22+. The maximum absolute atomic E-state index is 12.0. The molecule has 0 spiro atoms. The number of rotatable bonds is 22. The van der Waals surface area contributed by atoms with Crippen LogP contribution in [0.5, 0.6) is 0 Å². The molecule has 0 amide bonds. The van der Waals surface area contributed by atoms with Crippen LogP contribution in [0, 0.1) is 0 Å². The van der Waals surface area contributed by atoms with Crippen molar-refractivity contribution in [3.63, 3.8) is 0 Å². The summed E-state index contributed by atoms with van der Waals surface area (Å²) in [5.41, 5.74) is 0. The summed E-state index contributed by atoms with van der Waals surface area (Å²) in [6.45, 7) is 3.66. The van der Waals surface area contributed by atoms with E-state index in [2.05, 4.69) is 26.0 Å². The Kier molecular flexibility index (Phi) is 27.1. The minimum absolute atomic E-state index is 0.142. The minimum Gasteiger partial charge on any atom is -0.462 e. The van der Waals surface area contributed by atoms with Crippen molar-refractivity contribution in [2.24, 2.45) is 0 Å². The van der Waals surface area contributed by atoms with Crippen LogP contribution in [0.25, 0.3) is 0 Å². The van der Waals surface area contributed by atoms with Crippen LogP contribution >= 0.6 is 0 Å². The van der Waals surface area contributed by atoms with Crippen LogP contribution in [-0.2, 0) is 19.1 Å². The second-order valence-electron chi connectivity index (χ2n) is 8.60. The van der Waals surface area contributed by atoms with Gasteiger partial charge in [-0.3, -0.25) is 9.59 Å². The van der Waals surface area contributed by atoms with Gasteiger partial charge in [0, 0.05) is 12.8 Å². The van der Waals surface area contributed by atoms with Crippen molar-refractivity contribution in [3.8, 4) is 0 Å². The molecular weight excluding hydrogens is 500 g/mol. The monoisotopic (exact) mass is 548 g/mol. The van der Waals surface area contributed by atoms with Gasteiger partial charge in [-0.1, -0.05) is 135 Å². The Morgan fingerprint density at radius 1 is 0.575 bits per heavy atom. The molecule has 0 aliphatic carbocycles. The molecule has 0 aromatic rings. The quantitative estimate of drug-likeness (QED) is 0.0839. The van der Waals surface area contributed by atoms with Gasteiger partial charge in [-0.2, -0.15) is 0 Å². The Labute approximate surface area is 242 Å². The van der Waals surface area contributed by atoms with Crippen LogP contribution < -0.4 is 0 Å². The number of carbonyl (C=O) groups is 2. The van der Waals surface area contributed by atoms with E-state index >= 15 is 0 Å². The molecule has 40 heavy (non-hydrogen) atoms. The summed E-state index contributed by atoms with van der Waals surface area (Å²) in [5.74, 6) is -0.786. The van der Waals surface area contributed by atoms with Crippen LogP contribution in [0.1, 0.15) is 65.2 Å². The summed E-state index contributed by atoms with van der Waals surface area (Å²) in [6, 6.07) is 0. The maximum Gasteiger partial charge on any atom is 0.306 e. The Bertz CT molecular complexity index is 939. The summed E-state index contributed by atoms with van der Waals surface area (Å²) in [4.78, 5) is 23.9. The van der Waals surface area contributed by atoms with Gasteiger partial charge in [0.25, 0.3) is 0 Å². The Morgan fingerprint density at radius 2 is 0.950 bits per heavy atom. The van der Waals surface area contributed by atoms with Gasteiger partial charge in [-0.15, -0.1) is 0 Å². The normalized spacial score (nSPS) is 14.0. The number of esters is 2. The molecule has 5 heteroatoms. The molecule has 0 aliphatic heterocycles. The second kappa shape index (κ2) is 29.9. The van der Waals surface area contributed by atoms with Crippen molar-refractivity contribution in [1.29, 1.82) is 0 Å². The zero-order valence-corrected chi connectivity index (χ0v) is 24.3. The molecular formula is C35H48O5. The van der Waals surface area contributed by atoms with Gasteiger partial charge >= 0.3 is 11.9 Å². The molecule has 0 saturated heterocycles. The minimum atomic E-state index is -0.844. The molecule has 5 nitrogen and oxygen atoms in total. The van der Waals surface area contributed by atoms with Gasteiger partial charge in [-0.05, 0) is 38.5 Å². The fraction of sp³-hybridized carbons (Fsp3) is 0.371. The highest BCUT2D eigenvalue weighted by Gasteiger charge is 2.15. The van der Waals surface area contributed by atoms with E-state index in [1.807, 2.05) is 109 Å². The number of carbonyl (C=O) groups excluding carboxylic acids is 2. The van der Waals surface area contributed by atoms with E-state index in [4.69, 9.17) is 9.47 Å². The largest absolute Gasteiger partial charge is 0.462 e. The van der Waals surface area contributed by atoms with Crippen LogP contribution in [0.4, 0.5) is 0 Å². The lowest BCUT2D eigenvalue weighted by molar-refractivity contribution is -0.161. The van der Waals surface area contributed by atoms with E-state index < -0.39 is 18.7 Å². The van der Waals surface area contributed by atoms with E-state index in [0.717, 1.165) is 25.7 Å². The highest BCUT2D eigenvalue weighted by atomic mass is 16.6. The second-order valence-corrected chi connectivity index (χ2v) is 8.60. The van der Waals surface area contributed by atoms with Gasteiger partial charge in [0.15, 0.2) is 6.10 Å². The molecule has 0 rings (SSSR count). The molecule has 1 N–H and O–H groups in total. The molecule has 218 valence electrons. The van der Waals surface area contributed by atoms with Crippen molar-refractivity contribution < 1.29 is 24.2 Å². The molecule has 0 fully saturated rings. The van der Waals surface area contributed by atoms with Crippen LogP contribution in [0.15, 0.2) is 122 Å². The number of aliphatic hydroxyl groups is 1. The lowest BCUT2D eigenvalue weighted by Gasteiger charge is -2.15. The summed E-state index contributed by atoms with van der Waals surface area (Å²) in [7, 11) is 0. The fourth-order valence-electron chi connectivity index (χ4n) is 2.90. The molecule has 0 bridgehead atoms.